The molecule has 0 spiro atoms. The molecule has 1 saturated heterocycles. The number of nitrogens with zero attached hydrogens (tertiary/aromatic N) is 2. The van der Waals surface area contributed by atoms with Crippen LogP contribution in [0.2, 0.25) is 0 Å². The molecule has 0 unspecified atom stereocenters. The number of rotatable bonds is 3. The third-order valence-electron chi connectivity index (χ3n) is 3.26. The molecule has 92 valence electrons. The van der Waals surface area contributed by atoms with Crippen LogP contribution in [0.3, 0.4) is 0 Å². The van der Waals surface area contributed by atoms with Crippen molar-refractivity contribution in [2.24, 2.45) is 0 Å². The number of nitrogens with one attached hydrogen (secondary N) is 1. The molecule has 0 aliphatic carbocycles. The molecule has 0 saturated carbocycles. The Morgan fingerprint density at radius 1 is 1.17 bits per heavy atom. The van der Waals surface area contributed by atoms with Gasteiger partial charge in [-0.3, -0.25) is 9.97 Å². The highest BCUT2D eigenvalue weighted by Crippen LogP contribution is 2.33. The first kappa shape index (κ1) is 11.2. The van der Waals surface area contributed by atoms with Crippen molar-refractivity contribution in [3.63, 3.8) is 0 Å². The molecule has 1 fully saturated rings. The van der Waals surface area contributed by atoms with Gasteiger partial charge < -0.3 is 10.1 Å². The molecule has 0 bridgehead atoms. The summed E-state index contributed by atoms with van der Waals surface area (Å²) in [6.07, 6.45) is 3.49. The lowest BCUT2D eigenvalue weighted by Gasteiger charge is -2.27. The quantitative estimate of drug-likeness (QED) is 0.890. The number of hydrogen-bond donors (Lipinski definition) is 1. The Morgan fingerprint density at radius 2 is 1.94 bits per heavy atom. The lowest BCUT2D eigenvalue weighted by molar-refractivity contribution is 0.415. The first-order chi connectivity index (χ1) is 8.90. The van der Waals surface area contributed by atoms with Gasteiger partial charge in [0.2, 0.25) is 0 Å². The minimum atomic E-state index is 0.457. The van der Waals surface area contributed by atoms with Crippen molar-refractivity contribution in [2.45, 2.75) is 5.92 Å². The predicted octanol–water partition coefficient (Wildman–Crippen LogP) is 1.84. The fourth-order valence-electron chi connectivity index (χ4n) is 2.18. The van der Waals surface area contributed by atoms with Gasteiger partial charge in [-0.05, 0) is 12.1 Å². The molecule has 1 aliphatic heterocycles. The fourth-order valence-corrected chi connectivity index (χ4v) is 2.18. The van der Waals surface area contributed by atoms with Gasteiger partial charge in [0.25, 0.3) is 0 Å². The van der Waals surface area contributed by atoms with Crippen LogP contribution in [0.1, 0.15) is 11.6 Å². The molecule has 1 aliphatic rings. The molecule has 0 amide bonds. The van der Waals surface area contributed by atoms with E-state index in [0.29, 0.717) is 5.92 Å². The van der Waals surface area contributed by atoms with E-state index in [1.165, 1.54) is 0 Å². The zero-order valence-electron chi connectivity index (χ0n) is 10.3. The van der Waals surface area contributed by atoms with E-state index in [-0.39, 0.29) is 0 Å². The van der Waals surface area contributed by atoms with E-state index in [2.05, 4.69) is 15.3 Å². The zero-order chi connectivity index (χ0) is 12.4. The maximum Gasteiger partial charge on any atom is 0.128 e. The van der Waals surface area contributed by atoms with Crippen molar-refractivity contribution in [2.75, 3.05) is 20.2 Å². The summed E-state index contributed by atoms with van der Waals surface area (Å²) in [5.74, 6) is 1.30. The molecule has 18 heavy (non-hydrogen) atoms. The van der Waals surface area contributed by atoms with Gasteiger partial charge in [0.1, 0.15) is 5.75 Å². The van der Waals surface area contributed by atoms with Crippen LogP contribution >= 0.6 is 0 Å². The number of para-hydroxylation sites is 1. The van der Waals surface area contributed by atoms with Gasteiger partial charge in [-0.25, -0.2) is 0 Å². The van der Waals surface area contributed by atoms with Gasteiger partial charge in [-0.1, -0.05) is 12.1 Å². The summed E-state index contributed by atoms with van der Waals surface area (Å²) in [6.45, 7) is 1.95. The number of hydrogen-bond acceptors (Lipinski definition) is 4. The highest BCUT2D eigenvalue weighted by molar-refractivity contribution is 5.69. The van der Waals surface area contributed by atoms with E-state index in [9.17, 15) is 0 Å². The lowest BCUT2D eigenvalue weighted by atomic mass is 9.94. The molecule has 3 rings (SSSR count). The molecule has 1 aromatic heterocycles. The van der Waals surface area contributed by atoms with Crippen LogP contribution in [0.15, 0.2) is 36.7 Å². The van der Waals surface area contributed by atoms with Gasteiger partial charge in [-0.2, -0.15) is 0 Å². The standard InChI is InChI=1S/C14H15N3O/c1-18-12-5-3-2-4-11(12)14-13(10-8-15-9-10)16-6-7-17-14/h2-7,10,15H,8-9H2,1H3. The van der Waals surface area contributed by atoms with Gasteiger partial charge in [0.05, 0.1) is 18.5 Å². The van der Waals surface area contributed by atoms with E-state index in [0.717, 1.165) is 35.8 Å². The summed E-state index contributed by atoms with van der Waals surface area (Å²) in [5, 5.41) is 3.27. The Labute approximate surface area is 106 Å². The van der Waals surface area contributed by atoms with Crippen molar-refractivity contribution in [1.82, 2.24) is 15.3 Å². The number of benzene rings is 1. The van der Waals surface area contributed by atoms with Crippen LogP contribution in [-0.4, -0.2) is 30.2 Å². The zero-order valence-corrected chi connectivity index (χ0v) is 10.3. The van der Waals surface area contributed by atoms with Crippen LogP contribution < -0.4 is 10.1 Å². The Kier molecular flexibility index (Phi) is 2.94. The summed E-state index contributed by atoms with van der Waals surface area (Å²) in [6, 6.07) is 7.93. The monoisotopic (exact) mass is 241 g/mol. The number of ether oxygens (including phenoxy) is 1. The lowest BCUT2D eigenvalue weighted by Crippen LogP contribution is -2.40. The van der Waals surface area contributed by atoms with Crippen LogP contribution in [-0.2, 0) is 0 Å². The van der Waals surface area contributed by atoms with Crippen molar-refractivity contribution < 1.29 is 4.74 Å². The largest absolute Gasteiger partial charge is 0.496 e. The normalized spacial score (nSPS) is 15.2. The van der Waals surface area contributed by atoms with Gasteiger partial charge in [0, 0.05) is 37.0 Å². The topological polar surface area (TPSA) is 47.0 Å². The molecule has 0 atom stereocenters. The molecule has 2 heterocycles. The second kappa shape index (κ2) is 4.74. The Balaban J connectivity index is 2.10. The number of aromatic nitrogens is 2. The number of methoxy groups -OCH3 is 1. The van der Waals surface area contributed by atoms with Crippen molar-refractivity contribution in [3.8, 4) is 17.0 Å². The molecule has 0 radical (unpaired) electrons. The highest BCUT2D eigenvalue weighted by atomic mass is 16.5. The average Bonchev–Trinajstić information content (AvgIpc) is 2.37. The van der Waals surface area contributed by atoms with Crippen LogP contribution in [0, 0.1) is 0 Å². The van der Waals surface area contributed by atoms with E-state index in [1.54, 1.807) is 19.5 Å². The summed E-state index contributed by atoms with van der Waals surface area (Å²) < 4.78 is 5.40. The fraction of sp³-hybridized carbons (Fsp3) is 0.286. The first-order valence-electron chi connectivity index (χ1n) is 6.05. The van der Waals surface area contributed by atoms with E-state index < -0.39 is 0 Å². The minimum absolute atomic E-state index is 0.457. The van der Waals surface area contributed by atoms with Crippen molar-refractivity contribution in [1.29, 1.82) is 0 Å². The molecule has 2 aromatic rings. The maximum atomic E-state index is 5.40. The molecule has 1 aromatic carbocycles. The molecular weight excluding hydrogens is 226 g/mol. The molecule has 4 heteroatoms. The van der Waals surface area contributed by atoms with Gasteiger partial charge in [-0.15, -0.1) is 0 Å². The predicted molar refractivity (Wildman–Crippen MR) is 69.6 cm³/mol. The second-order valence-corrected chi connectivity index (χ2v) is 4.35. The van der Waals surface area contributed by atoms with Crippen molar-refractivity contribution >= 4 is 0 Å². The summed E-state index contributed by atoms with van der Waals surface area (Å²) in [4.78, 5) is 8.98. The van der Waals surface area contributed by atoms with E-state index >= 15 is 0 Å². The molecule has 4 nitrogen and oxygen atoms in total. The van der Waals surface area contributed by atoms with E-state index in [4.69, 9.17) is 4.74 Å². The Bertz CT molecular complexity index is 552. The van der Waals surface area contributed by atoms with Crippen LogP contribution in [0.25, 0.3) is 11.3 Å². The summed E-state index contributed by atoms with van der Waals surface area (Å²) >= 11 is 0. The molecular formula is C14H15N3O. The Morgan fingerprint density at radius 3 is 2.67 bits per heavy atom. The smallest absolute Gasteiger partial charge is 0.128 e. The summed E-state index contributed by atoms with van der Waals surface area (Å²) in [5.41, 5.74) is 3.00. The third kappa shape index (κ3) is 1.84. The van der Waals surface area contributed by atoms with Gasteiger partial charge in [0.15, 0.2) is 0 Å². The SMILES string of the molecule is COc1ccccc1-c1nccnc1C1CNC1. The second-order valence-electron chi connectivity index (χ2n) is 4.35. The van der Waals surface area contributed by atoms with E-state index in [1.807, 2.05) is 24.3 Å². The summed E-state index contributed by atoms with van der Waals surface area (Å²) in [7, 11) is 1.68. The highest BCUT2D eigenvalue weighted by Gasteiger charge is 2.25. The molecule has 1 N–H and O–H groups in total. The average molecular weight is 241 g/mol. The third-order valence-corrected chi connectivity index (χ3v) is 3.26. The van der Waals surface area contributed by atoms with Crippen molar-refractivity contribution in [3.05, 3.63) is 42.4 Å². The maximum absolute atomic E-state index is 5.40. The Hall–Kier alpha value is -1.94. The van der Waals surface area contributed by atoms with Crippen LogP contribution in [0.5, 0.6) is 5.75 Å². The van der Waals surface area contributed by atoms with Gasteiger partial charge >= 0.3 is 0 Å². The van der Waals surface area contributed by atoms with Crippen LogP contribution in [0.4, 0.5) is 0 Å². The first-order valence-corrected chi connectivity index (χ1v) is 6.05. The minimum Gasteiger partial charge on any atom is -0.496 e.